The quantitative estimate of drug-likeness (QED) is 0.837. The lowest BCUT2D eigenvalue weighted by Gasteiger charge is -2.29. The molecule has 0 radical (unpaired) electrons. The number of nitrogens with zero attached hydrogens (tertiary/aromatic N) is 4. The minimum atomic E-state index is 0.157. The number of fused-ring (bicyclic) bond motifs is 1. The second-order valence-corrected chi connectivity index (χ2v) is 7.68. The third-order valence-electron chi connectivity index (χ3n) is 4.32. The Kier molecular flexibility index (Phi) is 5.26. The first kappa shape index (κ1) is 17.0. The van der Waals surface area contributed by atoms with Gasteiger partial charge in [0.25, 0.3) is 0 Å². The molecule has 0 aliphatic carbocycles. The summed E-state index contributed by atoms with van der Waals surface area (Å²) in [6.45, 7) is 6.95. The largest absolute Gasteiger partial charge is 0.340 e. The number of aromatic nitrogens is 2. The van der Waals surface area contributed by atoms with Crippen molar-refractivity contribution in [1.29, 1.82) is 0 Å². The Bertz CT molecular complexity index is 699. The van der Waals surface area contributed by atoms with E-state index in [1.807, 2.05) is 24.7 Å². The van der Waals surface area contributed by atoms with E-state index in [4.69, 9.17) is 4.98 Å². The predicted molar refractivity (Wildman–Crippen MR) is 95.9 cm³/mol. The molecule has 0 saturated heterocycles. The van der Waals surface area contributed by atoms with Gasteiger partial charge in [-0.25, -0.2) is 9.97 Å². The lowest BCUT2D eigenvalue weighted by Crippen LogP contribution is -2.40. The lowest BCUT2D eigenvalue weighted by molar-refractivity contribution is -0.131. The van der Waals surface area contributed by atoms with Crippen molar-refractivity contribution in [2.45, 2.75) is 39.3 Å². The molecule has 0 fully saturated rings. The monoisotopic (exact) mass is 344 g/mol. The van der Waals surface area contributed by atoms with Crippen LogP contribution in [0.1, 0.15) is 41.7 Å². The maximum atomic E-state index is 12.5. The minimum absolute atomic E-state index is 0.157. The van der Waals surface area contributed by atoms with Crippen molar-refractivity contribution in [3.63, 3.8) is 0 Å². The zero-order valence-corrected chi connectivity index (χ0v) is 15.3. The van der Waals surface area contributed by atoms with Gasteiger partial charge < -0.3 is 4.90 Å². The summed E-state index contributed by atoms with van der Waals surface area (Å²) in [5, 5.41) is 2.04. The lowest BCUT2D eigenvalue weighted by atomic mass is 10.1. The van der Waals surface area contributed by atoms with Crippen molar-refractivity contribution in [1.82, 2.24) is 19.8 Å². The van der Waals surface area contributed by atoms with Gasteiger partial charge in [0, 0.05) is 37.1 Å². The number of hydrogen-bond acceptors (Lipinski definition) is 5. The number of hydrogen-bond donors (Lipinski definition) is 0. The second-order valence-electron chi connectivity index (χ2n) is 6.64. The van der Waals surface area contributed by atoms with Gasteiger partial charge >= 0.3 is 0 Å². The van der Waals surface area contributed by atoms with Crippen LogP contribution in [0.3, 0.4) is 0 Å². The zero-order chi connectivity index (χ0) is 17.1. The second kappa shape index (κ2) is 7.40. The van der Waals surface area contributed by atoms with Crippen LogP contribution in [0.5, 0.6) is 0 Å². The Morgan fingerprint density at radius 3 is 3.00 bits per heavy atom. The number of carbonyl (C=O) groups excluding carboxylic acids is 1. The van der Waals surface area contributed by atoms with Crippen LogP contribution in [-0.4, -0.2) is 45.8 Å². The molecule has 3 rings (SSSR count). The predicted octanol–water partition coefficient (Wildman–Crippen LogP) is 2.68. The van der Waals surface area contributed by atoms with E-state index < -0.39 is 0 Å². The number of rotatable bonds is 5. The van der Waals surface area contributed by atoms with Gasteiger partial charge in [-0.15, -0.1) is 11.3 Å². The molecule has 0 spiro atoms. The number of carbonyl (C=O) groups is 1. The maximum absolute atomic E-state index is 12.5. The highest BCUT2D eigenvalue weighted by atomic mass is 32.1. The smallest absolute Gasteiger partial charge is 0.236 e. The molecule has 0 bridgehead atoms. The molecule has 0 atom stereocenters. The summed E-state index contributed by atoms with van der Waals surface area (Å²) in [7, 11) is 1.87. The summed E-state index contributed by atoms with van der Waals surface area (Å²) in [4.78, 5) is 26.8. The van der Waals surface area contributed by atoms with Crippen LogP contribution in [0.2, 0.25) is 0 Å². The fourth-order valence-corrected chi connectivity index (χ4v) is 3.58. The fourth-order valence-electron chi connectivity index (χ4n) is 2.82. The van der Waals surface area contributed by atoms with Crippen LogP contribution >= 0.6 is 11.3 Å². The van der Waals surface area contributed by atoms with Crippen molar-refractivity contribution in [3.8, 4) is 0 Å². The van der Waals surface area contributed by atoms with Crippen LogP contribution in [0.4, 0.5) is 0 Å². The van der Waals surface area contributed by atoms with E-state index >= 15 is 0 Å². The van der Waals surface area contributed by atoms with Gasteiger partial charge in [0.15, 0.2) is 0 Å². The van der Waals surface area contributed by atoms with Crippen LogP contribution < -0.4 is 0 Å². The molecule has 1 amide bonds. The highest BCUT2D eigenvalue weighted by Crippen LogP contribution is 2.19. The Balaban J connectivity index is 1.60. The molecule has 5 nitrogen and oxygen atoms in total. The van der Waals surface area contributed by atoms with Crippen molar-refractivity contribution in [2.75, 3.05) is 20.1 Å². The first-order valence-electron chi connectivity index (χ1n) is 8.36. The van der Waals surface area contributed by atoms with Gasteiger partial charge in [0.05, 0.1) is 18.8 Å². The van der Waals surface area contributed by atoms with Gasteiger partial charge in [-0.05, 0) is 23.4 Å². The van der Waals surface area contributed by atoms with Gasteiger partial charge in [-0.1, -0.05) is 19.9 Å². The van der Waals surface area contributed by atoms with E-state index in [2.05, 4.69) is 29.8 Å². The van der Waals surface area contributed by atoms with E-state index in [1.165, 1.54) is 10.4 Å². The summed E-state index contributed by atoms with van der Waals surface area (Å²) in [6.07, 6.45) is 2.87. The van der Waals surface area contributed by atoms with Crippen LogP contribution in [0.25, 0.3) is 0 Å². The first-order chi connectivity index (χ1) is 11.5. The summed E-state index contributed by atoms with van der Waals surface area (Å²) in [6, 6.07) is 4.09. The fraction of sp³-hybridized carbons (Fsp3) is 0.500. The van der Waals surface area contributed by atoms with E-state index in [0.717, 1.165) is 31.0 Å². The molecule has 6 heteroatoms. The third-order valence-corrected chi connectivity index (χ3v) is 5.18. The molecule has 1 aliphatic heterocycles. The van der Waals surface area contributed by atoms with E-state index in [-0.39, 0.29) is 5.91 Å². The molecule has 0 N–H and O–H groups in total. The molecule has 0 aromatic carbocycles. The van der Waals surface area contributed by atoms with Crippen molar-refractivity contribution >= 4 is 17.2 Å². The number of thiophene rings is 1. The van der Waals surface area contributed by atoms with Crippen molar-refractivity contribution < 1.29 is 4.79 Å². The van der Waals surface area contributed by atoms with E-state index in [1.54, 1.807) is 16.2 Å². The van der Waals surface area contributed by atoms with Gasteiger partial charge in [-0.2, -0.15) is 0 Å². The topological polar surface area (TPSA) is 49.3 Å². The van der Waals surface area contributed by atoms with E-state index in [9.17, 15) is 4.79 Å². The summed E-state index contributed by atoms with van der Waals surface area (Å²) in [5.41, 5.74) is 2.30. The number of amides is 1. The summed E-state index contributed by atoms with van der Waals surface area (Å²) in [5.74, 6) is 1.37. The van der Waals surface area contributed by atoms with Crippen LogP contribution in [-0.2, 0) is 24.3 Å². The number of likely N-dealkylation sites (N-methyl/N-ethyl adjacent to an activating group) is 1. The highest BCUT2D eigenvalue weighted by Gasteiger charge is 2.22. The molecule has 0 unspecified atom stereocenters. The average molecular weight is 344 g/mol. The summed E-state index contributed by atoms with van der Waals surface area (Å²) < 4.78 is 0. The first-order valence-corrected chi connectivity index (χ1v) is 9.24. The van der Waals surface area contributed by atoms with Gasteiger partial charge in [0.1, 0.15) is 5.82 Å². The molecule has 2 aromatic heterocycles. The molecule has 128 valence electrons. The Morgan fingerprint density at radius 1 is 1.46 bits per heavy atom. The van der Waals surface area contributed by atoms with Crippen molar-refractivity contribution in [3.05, 3.63) is 45.7 Å². The standard InChI is InChI=1S/C18H24N4OS/c1-13(2)18-19-9-14-6-7-22(11-16(14)20-18)12-17(23)21(3)10-15-5-4-8-24-15/h4-5,8-9,13H,6-7,10-12H2,1-3H3. The average Bonchev–Trinajstić information content (AvgIpc) is 3.07. The molecule has 1 aliphatic rings. The summed E-state index contributed by atoms with van der Waals surface area (Å²) >= 11 is 1.69. The molecular weight excluding hydrogens is 320 g/mol. The highest BCUT2D eigenvalue weighted by molar-refractivity contribution is 7.09. The van der Waals surface area contributed by atoms with Gasteiger partial charge in [0.2, 0.25) is 5.91 Å². The maximum Gasteiger partial charge on any atom is 0.236 e. The van der Waals surface area contributed by atoms with Crippen molar-refractivity contribution in [2.24, 2.45) is 0 Å². The Morgan fingerprint density at radius 2 is 2.29 bits per heavy atom. The normalized spacial score (nSPS) is 14.7. The Hall–Kier alpha value is -1.79. The molecule has 24 heavy (non-hydrogen) atoms. The Labute approximate surface area is 147 Å². The third kappa shape index (κ3) is 3.99. The molecule has 2 aromatic rings. The molecule has 3 heterocycles. The van der Waals surface area contributed by atoms with E-state index in [0.29, 0.717) is 19.0 Å². The zero-order valence-electron chi connectivity index (χ0n) is 14.5. The minimum Gasteiger partial charge on any atom is -0.340 e. The molecule has 0 saturated carbocycles. The molecular formula is C18H24N4OS. The SMILES string of the molecule is CC(C)c1ncc2c(n1)CN(CC(=O)N(C)Cc1cccs1)CC2. The van der Waals surface area contributed by atoms with Crippen LogP contribution in [0, 0.1) is 0 Å². The van der Waals surface area contributed by atoms with Gasteiger partial charge in [-0.3, -0.25) is 9.69 Å². The van der Waals surface area contributed by atoms with Crippen LogP contribution in [0.15, 0.2) is 23.7 Å².